The van der Waals surface area contributed by atoms with E-state index in [0.29, 0.717) is 28.0 Å². The molecular formula is C27H37N3O3S. The van der Waals surface area contributed by atoms with Gasteiger partial charge in [-0.15, -0.1) is 11.3 Å². The number of amides is 2. The molecular weight excluding hydrogens is 446 g/mol. The van der Waals surface area contributed by atoms with Crippen LogP contribution in [0.15, 0.2) is 35.7 Å². The third kappa shape index (κ3) is 6.06. The minimum absolute atomic E-state index is 0.0128. The second kappa shape index (κ2) is 11.0. The normalized spacial score (nSPS) is 22.2. The van der Waals surface area contributed by atoms with E-state index < -0.39 is 0 Å². The molecule has 6 nitrogen and oxygen atoms in total. The molecule has 0 aliphatic carbocycles. The second-order valence-corrected chi connectivity index (χ2v) is 11.0. The average molecular weight is 484 g/mol. The van der Waals surface area contributed by atoms with Crippen LogP contribution in [-0.4, -0.2) is 66.5 Å². The van der Waals surface area contributed by atoms with Crippen molar-refractivity contribution >= 4 is 28.2 Å². The molecule has 1 aromatic carbocycles. The van der Waals surface area contributed by atoms with Gasteiger partial charge in [-0.3, -0.25) is 14.5 Å². The third-order valence-electron chi connectivity index (χ3n) is 6.88. The van der Waals surface area contributed by atoms with Gasteiger partial charge in [0.2, 0.25) is 0 Å². The molecule has 2 aliphatic rings. The Labute approximate surface area is 207 Å². The number of thiophene rings is 1. The lowest BCUT2D eigenvalue weighted by molar-refractivity contribution is -0.0728. The van der Waals surface area contributed by atoms with Gasteiger partial charge in [-0.25, -0.2) is 0 Å². The maximum absolute atomic E-state index is 13.3. The fourth-order valence-electron chi connectivity index (χ4n) is 5.06. The quantitative estimate of drug-likeness (QED) is 0.622. The van der Waals surface area contributed by atoms with Gasteiger partial charge in [-0.1, -0.05) is 26.0 Å². The summed E-state index contributed by atoms with van der Waals surface area (Å²) in [5.74, 6) is 0.860. The Morgan fingerprint density at radius 2 is 1.71 bits per heavy atom. The first-order valence-corrected chi connectivity index (χ1v) is 13.3. The van der Waals surface area contributed by atoms with Crippen LogP contribution in [0, 0.1) is 5.92 Å². The largest absolute Gasteiger partial charge is 0.373 e. The number of rotatable bonds is 6. The van der Waals surface area contributed by atoms with Crippen LogP contribution in [-0.2, 0) is 4.74 Å². The molecule has 184 valence electrons. The van der Waals surface area contributed by atoms with Gasteiger partial charge in [-0.05, 0) is 67.7 Å². The zero-order chi connectivity index (χ0) is 24.2. The number of carbonyl (C=O) groups excluding carboxylic acids is 2. The lowest BCUT2D eigenvalue weighted by Crippen LogP contribution is -2.48. The fraction of sp³-hybridized carbons (Fsp3) is 0.556. The molecule has 34 heavy (non-hydrogen) atoms. The molecule has 7 heteroatoms. The number of piperidine rings is 1. The Morgan fingerprint density at radius 3 is 2.32 bits per heavy atom. The van der Waals surface area contributed by atoms with E-state index in [1.54, 1.807) is 0 Å². The van der Waals surface area contributed by atoms with Crippen LogP contribution in [0.5, 0.6) is 0 Å². The molecule has 2 aliphatic heterocycles. The predicted molar refractivity (Wildman–Crippen MR) is 138 cm³/mol. The first kappa shape index (κ1) is 24.9. The number of morpholine rings is 1. The van der Waals surface area contributed by atoms with E-state index in [-0.39, 0.29) is 24.0 Å². The topological polar surface area (TPSA) is 61.9 Å². The highest BCUT2D eigenvalue weighted by Crippen LogP contribution is 2.28. The molecule has 3 heterocycles. The zero-order valence-electron chi connectivity index (χ0n) is 20.8. The van der Waals surface area contributed by atoms with E-state index in [0.717, 1.165) is 45.6 Å². The smallest absolute Gasteiger partial charge is 0.256 e. The lowest BCUT2D eigenvalue weighted by atomic mass is 9.95. The van der Waals surface area contributed by atoms with Crippen molar-refractivity contribution < 1.29 is 14.3 Å². The van der Waals surface area contributed by atoms with Gasteiger partial charge in [0.1, 0.15) is 5.00 Å². The molecule has 2 aromatic rings. The van der Waals surface area contributed by atoms with E-state index in [9.17, 15) is 9.59 Å². The van der Waals surface area contributed by atoms with E-state index >= 15 is 0 Å². The van der Waals surface area contributed by atoms with E-state index in [1.807, 2.05) is 40.6 Å². The summed E-state index contributed by atoms with van der Waals surface area (Å²) in [6, 6.07) is 9.50. The average Bonchev–Trinajstić information content (AvgIpc) is 3.26. The summed E-state index contributed by atoms with van der Waals surface area (Å²) in [6.07, 6.45) is 2.59. The molecule has 0 radical (unpaired) electrons. The Bertz CT molecular complexity index is 969. The minimum Gasteiger partial charge on any atom is -0.373 e. The number of carbonyl (C=O) groups is 2. The maximum Gasteiger partial charge on any atom is 0.256 e. The Hall–Kier alpha value is -2.22. The number of hydrogen-bond donors (Lipinski definition) is 1. The number of anilines is 1. The molecule has 2 fully saturated rings. The SMILES string of the molecule is CC1CN(CC2CCN(C(=O)c3ccsc3NC(=O)c3ccc(C(C)C)cc3)CC2)CC(C)O1. The highest BCUT2D eigenvalue weighted by molar-refractivity contribution is 7.14. The van der Waals surface area contributed by atoms with E-state index in [4.69, 9.17) is 4.74 Å². The number of nitrogens with one attached hydrogen (secondary N) is 1. The van der Waals surface area contributed by atoms with Crippen LogP contribution in [0.3, 0.4) is 0 Å². The molecule has 4 rings (SSSR count). The van der Waals surface area contributed by atoms with Crippen molar-refractivity contribution in [3.05, 3.63) is 52.4 Å². The molecule has 1 N–H and O–H groups in total. The van der Waals surface area contributed by atoms with E-state index in [2.05, 4.69) is 37.9 Å². The number of nitrogens with zero attached hydrogens (tertiary/aromatic N) is 2. The summed E-state index contributed by atoms with van der Waals surface area (Å²) in [5.41, 5.74) is 2.39. The van der Waals surface area contributed by atoms with Crippen molar-refractivity contribution in [3.8, 4) is 0 Å². The van der Waals surface area contributed by atoms with Crippen LogP contribution in [0.25, 0.3) is 0 Å². The summed E-state index contributed by atoms with van der Waals surface area (Å²) in [6.45, 7) is 13.1. The Balaban J connectivity index is 1.31. The van der Waals surface area contributed by atoms with Crippen molar-refractivity contribution in [2.75, 3.05) is 38.0 Å². The highest BCUT2D eigenvalue weighted by Gasteiger charge is 2.29. The summed E-state index contributed by atoms with van der Waals surface area (Å²) in [7, 11) is 0. The number of benzene rings is 1. The first-order chi connectivity index (χ1) is 16.3. The number of ether oxygens (including phenoxy) is 1. The molecule has 0 saturated carbocycles. The monoisotopic (exact) mass is 483 g/mol. The first-order valence-electron chi connectivity index (χ1n) is 12.5. The van der Waals surface area contributed by atoms with Crippen LogP contribution in [0.2, 0.25) is 0 Å². The van der Waals surface area contributed by atoms with Crippen molar-refractivity contribution in [1.82, 2.24) is 9.80 Å². The van der Waals surface area contributed by atoms with Crippen LogP contribution >= 0.6 is 11.3 Å². The fourth-order valence-corrected chi connectivity index (χ4v) is 5.83. The molecule has 2 atom stereocenters. The summed E-state index contributed by atoms with van der Waals surface area (Å²) < 4.78 is 5.85. The van der Waals surface area contributed by atoms with Crippen molar-refractivity contribution in [2.45, 2.75) is 58.7 Å². The van der Waals surface area contributed by atoms with Gasteiger partial charge in [0.25, 0.3) is 11.8 Å². The van der Waals surface area contributed by atoms with Gasteiger partial charge in [0.15, 0.2) is 0 Å². The second-order valence-electron chi connectivity index (χ2n) is 10.1. The third-order valence-corrected chi connectivity index (χ3v) is 7.71. The van der Waals surface area contributed by atoms with Crippen molar-refractivity contribution in [3.63, 3.8) is 0 Å². The van der Waals surface area contributed by atoms with Crippen LogP contribution < -0.4 is 5.32 Å². The summed E-state index contributed by atoms with van der Waals surface area (Å²) >= 11 is 1.40. The van der Waals surface area contributed by atoms with Gasteiger partial charge in [0.05, 0.1) is 17.8 Å². The highest BCUT2D eigenvalue weighted by atomic mass is 32.1. The molecule has 2 unspecified atom stereocenters. The Morgan fingerprint density at radius 1 is 1.06 bits per heavy atom. The molecule has 0 spiro atoms. The lowest BCUT2D eigenvalue weighted by Gasteiger charge is -2.39. The molecule has 0 bridgehead atoms. The van der Waals surface area contributed by atoms with Gasteiger partial charge in [-0.2, -0.15) is 0 Å². The standard InChI is InChI=1S/C27H37N3O3S/c1-18(2)22-5-7-23(8-6-22)25(31)28-26-24(11-14-34-26)27(32)30-12-9-21(10-13-30)17-29-15-19(3)33-20(4)16-29/h5-8,11,14,18-21H,9-10,12-13,15-17H2,1-4H3,(H,28,31). The maximum atomic E-state index is 13.3. The summed E-state index contributed by atoms with van der Waals surface area (Å²) in [4.78, 5) is 30.5. The van der Waals surface area contributed by atoms with Crippen molar-refractivity contribution in [2.24, 2.45) is 5.92 Å². The number of hydrogen-bond acceptors (Lipinski definition) is 5. The minimum atomic E-state index is -0.181. The Kier molecular flexibility index (Phi) is 8.06. The number of likely N-dealkylation sites (tertiary alicyclic amines) is 1. The van der Waals surface area contributed by atoms with Crippen LogP contribution in [0.1, 0.15) is 72.7 Å². The zero-order valence-corrected chi connectivity index (χ0v) is 21.6. The van der Waals surface area contributed by atoms with Crippen LogP contribution in [0.4, 0.5) is 5.00 Å². The predicted octanol–water partition coefficient (Wildman–Crippen LogP) is 5.09. The molecule has 2 amide bonds. The van der Waals surface area contributed by atoms with E-state index in [1.165, 1.54) is 16.9 Å². The van der Waals surface area contributed by atoms with Gasteiger partial charge in [0, 0.05) is 38.3 Å². The van der Waals surface area contributed by atoms with Gasteiger partial charge < -0.3 is 15.0 Å². The molecule has 1 aromatic heterocycles. The summed E-state index contributed by atoms with van der Waals surface area (Å²) in [5, 5.41) is 5.46. The molecule has 2 saturated heterocycles. The van der Waals surface area contributed by atoms with Crippen molar-refractivity contribution in [1.29, 1.82) is 0 Å². The van der Waals surface area contributed by atoms with Gasteiger partial charge >= 0.3 is 0 Å².